The normalized spacial score (nSPS) is 25.3. The van der Waals surface area contributed by atoms with E-state index in [1.807, 2.05) is 30.3 Å². The number of hydrogen-bond donors (Lipinski definition) is 3. The van der Waals surface area contributed by atoms with Crippen LogP contribution < -0.4 is 10.6 Å². The Kier molecular flexibility index (Phi) is 6.54. The number of guanidine groups is 1. The van der Waals surface area contributed by atoms with Gasteiger partial charge in [-0.25, -0.2) is 0 Å². The van der Waals surface area contributed by atoms with Crippen LogP contribution in [-0.2, 0) is 4.74 Å². The maximum absolute atomic E-state index is 10.3. The van der Waals surface area contributed by atoms with E-state index in [0.717, 1.165) is 31.1 Å². The van der Waals surface area contributed by atoms with Crippen molar-refractivity contribution < 1.29 is 9.84 Å². The standard InChI is InChI=1S/C21H33N3O2/c1-3-22-20(23-14-11-17(25)16-9-6-5-7-10-16)24-18-15-19(26-4-2)21(18)12-8-13-21/h5-7,9-10,17-19,25H,3-4,8,11-15H2,1-2H3,(H2,22,23,24). The maximum Gasteiger partial charge on any atom is 0.191 e. The van der Waals surface area contributed by atoms with Gasteiger partial charge in [-0.2, -0.15) is 0 Å². The van der Waals surface area contributed by atoms with Crippen LogP contribution in [0.4, 0.5) is 0 Å². The lowest BCUT2D eigenvalue weighted by atomic mass is 9.51. The maximum atomic E-state index is 10.3. The van der Waals surface area contributed by atoms with Crippen LogP contribution >= 0.6 is 0 Å². The number of benzene rings is 1. The molecular weight excluding hydrogens is 326 g/mol. The van der Waals surface area contributed by atoms with Gasteiger partial charge in [0.2, 0.25) is 0 Å². The van der Waals surface area contributed by atoms with Gasteiger partial charge in [0.25, 0.3) is 0 Å². The molecule has 0 aromatic heterocycles. The molecule has 26 heavy (non-hydrogen) atoms. The van der Waals surface area contributed by atoms with E-state index < -0.39 is 6.10 Å². The molecule has 1 aromatic carbocycles. The lowest BCUT2D eigenvalue weighted by molar-refractivity contribution is -0.168. The fraction of sp³-hybridized carbons (Fsp3) is 0.667. The molecule has 0 amide bonds. The molecule has 144 valence electrons. The first-order valence-corrected chi connectivity index (χ1v) is 10.1. The van der Waals surface area contributed by atoms with Crippen LogP contribution in [0.5, 0.6) is 0 Å². The molecule has 5 heteroatoms. The predicted molar refractivity (Wildman–Crippen MR) is 105 cm³/mol. The fourth-order valence-electron chi connectivity index (χ4n) is 4.27. The smallest absolute Gasteiger partial charge is 0.191 e. The van der Waals surface area contributed by atoms with Crippen LogP contribution in [-0.4, -0.2) is 42.9 Å². The summed E-state index contributed by atoms with van der Waals surface area (Å²) >= 11 is 0. The monoisotopic (exact) mass is 359 g/mol. The molecule has 2 aliphatic carbocycles. The first kappa shape index (κ1) is 19.2. The van der Waals surface area contributed by atoms with E-state index in [9.17, 15) is 5.11 Å². The van der Waals surface area contributed by atoms with Crippen molar-refractivity contribution in [3.63, 3.8) is 0 Å². The lowest BCUT2D eigenvalue weighted by Gasteiger charge is -2.61. The quantitative estimate of drug-likeness (QED) is 0.493. The Morgan fingerprint density at radius 2 is 2.08 bits per heavy atom. The third kappa shape index (κ3) is 4.04. The third-order valence-corrected chi connectivity index (χ3v) is 5.95. The molecule has 0 bridgehead atoms. The van der Waals surface area contributed by atoms with E-state index in [4.69, 9.17) is 4.74 Å². The molecule has 2 fully saturated rings. The summed E-state index contributed by atoms with van der Waals surface area (Å²) in [7, 11) is 0. The molecule has 0 heterocycles. The summed E-state index contributed by atoms with van der Waals surface area (Å²) in [5.74, 6) is 0.860. The van der Waals surface area contributed by atoms with Gasteiger partial charge in [-0.3, -0.25) is 4.99 Å². The number of hydrogen-bond acceptors (Lipinski definition) is 3. The molecule has 1 aromatic rings. The van der Waals surface area contributed by atoms with Gasteiger partial charge in [0.1, 0.15) is 0 Å². The molecule has 3 rings (SSSR count). The Morgan fingerprint density at radius 1 is 1.31 bits per heavy atom. The SMILES string of the molecule is CCNC(=NCCC(O)c1ccccc1)NC1CC(OCC)C12CCC2. The summed E-state index contributed by atoms with van der Waals surface area (Å²) < 4.78 is 5.94. The van der Waals surface area contributed by atoms with Crippen LogP contribution in [0.3, 0.4) is 0 Å². The van der Waals surface area contributed by atoms with Crippen molar-refractivity contribution >= 4 is 5.96 Å². The van der Waals surface area contributed by atoms with Crippen LogP contribution in [0.15, 0.2) is 35.3 Å². The highest BCUT2D eigenvalue weighted by atomic mass is 16.5. The summed E-state index contributed by atoms with van der Waals surface area (Å²) in [6, 6.07) is 10.2. The Morgan fingerprint density at radius 3 is 2.69 bits per heavy atom. The van der Waals surface area contributed by atoms with Crippen molar-refractivity contribution in [2.75, 3.05) is 19.7 Å². The van der Waals surface area contributed by atoms with Crippen molar-refractivity contribution in [1.82, 2.24) is 10.6 Å². The average Bonchev–Trinajstić information content (AvgIpc) is 2.60. The number of nitrogens with one attached hydrogen (secondary N) is 2. The van der Waals surface area contributed by atoms with Crippen molar-refractivity contribution in [1.29, 1.82) is 0 Å². The molecule has 0 saturated heterocycles. The first-order valence-electron chi connectivity index (χ1n) is 10.1. The summed E-state index contributed by atoms with van der Waals surface area (Å²) in [5, 5.41) is 17.3. The van der Waals surface area contributed by atoms with Crippen LogP contribution in [0.25, 0.3) is 0 Å². The molecule has 3 atom stereocenters. The second-order valence-electron chi connectivity index (χ2n) is 7.44. The largest absolute Gasteiger partial charge is 0.388 e. The van der Waals surface area contributed by atoms with Crippen LogP contribution in [0, 0.1) is 5.41 Å². The van der Waals surface area contributed by atoms with E-state index in [2.05, 4.69) is 29.5 Å². The molecular formula is C21H33N3O2. The minimum Gasteiger partial charge on any atom is -0.388 e. The Bertz CT molecular complexity index is 586. The zero-order valence-corrected chi connectivity index (χ0v) is 16.1. The molecule has 2 saturated carbocycles. The summed E-state index contributed by atoms with van der Waals surface area (Å²) in [6.07, 6.45) is 5.43. The Labute approximate surface area is 157 Å². The lowest BCUT2D eigenvalue weighted by Crippen LogP contribution is -2.68. The molecule has 3 N–H and O–H groups in total. The predicted octanol–water partition coefficient (Wildman–Crippen LogP) is 3.01. The van der Waals surface area contributed by atoms with E-state index >= 15 is 0 Å². The second kappa shape index (κ2) is 8.87. The molecule has 1 spiro atoms. The molecule has 0 radical (unpaired) electrons. The minimum atomic E-state index is -0.466. The van der Waals surface area contributed by atoms with Crippen molar-refractivity contribution in [2.45, 2.75) is 64.2 Å². The van der Waals surface area contributed by atoms with Crippen molar-refractivity contribution in [3.05, 3.63) is 35.9 Å². The number of aliphatic imine (C=N–C) groups is 1. The zero-order chi connectivity index (χ0) is 18.4. The van der Waals surface area contributed by atoms with Gasteiger partial charge in [0.15, 0.2) is 5.96 Å². The molecule has 2 aliphatic rings. The molecule has 0 aliphatic heterocycles. The van der Waals surface area contributed by atoms with E-state index in [-0.39, 0.29) is 0 Å². The third-order valence-electron chi connectivity index (χ3n) is 5.95. The molecule has 5 nitrogen and oxygen atoms in total. The van der Waals surface area contributed by atoms with E-state index in [0.29, 0.717) is 30.5 Å². The zero-order valence-electron chi connectivity index (χ0n) is 16.1. The van der Waals surface area contributed by atoms with Crippen molar-refractivity contribution in [3.8, 4) is 0 Å². The number of aliphatic hydroxyl groups excluding tert-OH is 1. The average molecular weight is 360 g/mol. The summed E-state index contributed by atoms with van der Waals surface area (Å²) in [5.41, 5.74) is 1.27. The highest BCUT2D eigenvalue weighted by Crippen LogP contribution is 2.57. The summed E-state index contributed by atoms with van der Waals surface area (Å²) in [4.78, 5) is 4.69. The van der Waals surface area contributed by atoms with E-state index in [1.165, 1.54) is 19.3 Å². The number of ether oxygens (including phenoxy) is 1. The Hall–Kier alpha value is -1.59. The van der Waals surface area contributed by atoms with Gasteiger partial charge >= 0.3 is 0 Å². The van der Waals surface area contributed by atoms with E-state index in [1.54, 1.807) is 0 Å². The number of aliphatic hydroxyl groups is 1. The molecule has 3 unspecified atom stereocenters. The Balaban J connectivity index is 1.53. The van der Waals surface area contributed by atoms with Gasteiger partial charge in [-0.15, -0.1) is 0 Å². The van der Waals surface area contributed by atoms with Crippen molar-refractivity contribution in [2.24, 2.45) is 10.4 Å². The highest BCUT2D eigenvalue weighted by Gasteiger charge is 2.59. The van der Waals surface area contributed by atoms with Gasteiger partial charge in [-0.05, 0) is 45.1 Å². The topological polar surface area (TPSA) is 65.9 Å². The minimum absolute atomic E-state index is 0.315. The van der Waals surface area contributed by atoms with Gasteiger partial charge in [0, 0.05) is 31.2 Å². The highest BCUT2D eigenvalue weighted by molar-refractivity contribution is 5.80. The van der Waals surface area contributed by atoms with Gasteiger partial charge in [-0.1, -0.05) is 36.8 Å². The number of nitrogens with zero attached hydrogens (tertiary/aromatic N) is 1. The van der Waals surface area contributed by atoms with Crippen LogP contribution in [0.1, 0.15) is 57.6 Å². The van der Waals surface area contributed by atoms with Gasteiger partial charge in [0.05, 0.1) is 12.2 Å². The number of rotatable bonds is 8. The second-order valence-corrected chi connectivity index (χ2v) is 7.44. The summed E-state index contributed by atoms with van der Waals surface area (Å²) in [6.45, 7) is 6.39. The van der Waals surface area contributed by atoms with Gasteiger partial charge < -0.3 is 20.5 Å². The van der Waals surface area contributed by atoms with Crippen LogP contribution in [0.2, 0.25) is 0 Å². The first-order chi connectivity index (χ1) is 12.7. The fourth-order valence-corrected chi connectivity index (χ4v) is 4.27.